The molecule has 2 aromatic heterocycles. The molecule has 0 bridgehead atoms. The van der Waals surface area contributed by atoms with Gasteiger partial charge in [-0.3, -0.25) is 9.69 Å². The van der Waals surface area contributed by atoms with E-state index in [1.807, 2.05) is 12.3 Å². The van der Waals surface area contributed by atoms with Crippen LogP contribution >= 0.6 is 0 Å². The number of ether oxygens (including phenoxy) is 1. The van der Waals surface area contributed by atoms with Crippen molar-refractivity contribution in [3.8, 4) is 0 Å². The van der Waals surface area contributed by atoms with E-state index in [4.69, 9.17) is 9.15 Å². The van der Waals surface area contributed by atoms with Crippen LogP contribution < -0.4 is 5.32 Å². The third-order valence-corrected chi connectivity index (χ3v) is 5.04. The molecule has 2 aromatic rings. The minimum atomic E-state index is -0.466. The van der Waals surface area contributed by atoms with E-state index in [1.54, 1.807) is 25.8 Å². The SMILES string of the molecule is CNC(=O)[C@H]1Cn2ccnc2C2(CCN(Cc3ccoc3)CC2)O1. The minimum absolute atomic E-state index is 0.0745. The lowest BCUT2D eigenvalue weighted by molar-refractivity contribution is -0.173. The number of aromatic nitrogens is 2. The van der Waals surface area contributed by atoms with E-state index in [0.29, 0.717) is 6.54 Å². The molecule has 4 rings (SSSR count). The number of fused-ring (bicyclic) bond motifs is 2. The lowest BCUT2D eigenvalue weighted by Crippen LogP contribution is -2.53. The maximum Gasteiger partial charge on any atom is 0.250 e. The molecule has 0 aromatic carbocycles. The molecule has 4 heterocycles. The van der Waals surface area contributed by atoms with Crippen molar-refractivity contribution in [2.75, 3.05) is 20.1 Å². The molecule has 1 N–H and O–H groups in total. The van der Waals surface area contributed by atoms with Crippen molar-refractivity contribution in [2.24, 2.45) is 0 Å². The molecule has 1 fully saturated rings. The number of hydrogen-bond acceptors (Lipinski definition) is 5. The summed E-state index contributed by atoms with van der Waals surface area (Å²) in [6.45, 7) is 3.20. The Hall–Kier alpha value is -2.12. The van der Waals surface area contributed by atoms with E-state index in [-0.39, 0.29) is 5.91 Å². The van der Waals surface area contributed by atoms with Gasteiger partial charge in [-0.25, -0.2) is 4.98 Å². The fourth-order valence-corrected chi connectivity index (χ4v) is 3.75. The molecule has 7 heteroatoms. The van der Waals surface area contributed by atoms with Crippen LogP contribution in [0.15, 0.2) is 35.4 Å². The van der Waals surface area contributed by atoms with Gasteiger partial charge in [0.25, 0.3) is 5.91 Å². The van der Waals surface area contributed by atoms with Crippen LogP contribution in [-0.4, -0.2) is 46.6 Å². The Bertz CT molecular complexity index is 701. The first-order valence-corrected chi connectivity index (χ1v) is 8.35. The van der Waals surface area contributed by atoms with Gasteiger partial charge in [-0.2, -0.15) is 0 Å². The Morgan fingerprint density at radius 3 is 3.00 bits per heavy atom. The molecule has 2 aliphatic rings. The van der Waals surface area contributed by atoms with E-state index in [2.05, 4.69) is 19.8 Å². The second-order valence-electron chi connectivity index (χ2n) is 6.53. The predicted molar refractivity (Wildman–Crippen MR) is 86.1 cm³/mol. The molecule has 7 nitrogen and oxygen atoms in total. The summed E-state index contributed by atoms with van der Waals surface area (Å²) in [6, 6.07) is 2.00. The van der Waals surface area contributed by atoms with E-state index >= 15 is 0 Å². The summed E-state index contributed by atoms with van der Waals surface area (Å²) in [4.78, 5) is 19.0. The molecule has 0 saturated carbocycles. The van der Waals surface area contributed by atoms with Crippen molar-refractivity contribution >= 4 is 5.91 Å². The van der Waals surface area contributed by atoms with Crippen molar-refractivity contribution in [1.82, 2.24) is 19.8 Å². The topological polar surface area (TPSA) is 72.5 Å². The molecule has 0 unspecified atom stereocenters. The zero-order valence-corrected chi connectivity index (χ0v) is 13.8. The number of imidazole rings is 1. The van der Waals surface area contributed by atoms with Gasteiger partial charge in [-0.15, -0.1) is 0 Å². The molecular weight excluding hydrogens is 308 g/mol. The van der Waals surface area contributed by atoms with Crippen molar-refractivity contribution in [1.29, 1.82) is 0 Å². The first-order chi connectivity index (χ1) is 11.7. The normalized spacial score (nSPS) is 23.1. The minimum Gasteiger partial charge on any atom is -0.472 e. The van der Waals surface area contributed by atoms with Gasteiger partial charge in [-0.05, 0) is 18.9 Å². The number of likely N-dealkylation sites (tertiary alicyclic amines) is 1. The van der Waals surface area contributed by atoms with Gasteiger partial charge < -0.3 is 19.0 Å². The number of carbonyl (C=O) groups excluding carboxylic acids is 1. The first kappa shape index (κ1) is 15.4. The van der Waals surface area contributed by atoms with Crippen LogP contribution in [0.25, 0.3) is 0 Å². The second-order valence-corrected chi connectivity index (χ2v) is 6.53. The Morgan fingerprint density at radius 2 is 2.29 bits per heavy atom. The van der Waals surface area contributed by atoms with Gasteiger partial charge in [0.05, 0.1) is 19.1 Å². The lowest BCUT2D eigenvalue weighted by atomic mass is 9.88. The molecular formula is C17H22N4O3. The van der Waals surface area contributed by atoms with Crippen LogP contribution in [-0.2, 0) is 28.2 Å². The zero-order chi connectivity index (χ0) is 16.6. The summed E-state index contributed by atoms with van der Waals surface area (Å²) >= 11 is 0. The highest BCUT2D eigenvalue weighted by atomic mass is 16.5. The quantitative estimate of drug-likeness (QED) is 0.913. The van der Waals surface area contributed by atoms with E-state index in [9.17, 15) is 4.79 Å². The molecule has 1 saturated heterocycles. The maximum absolute atomic E-state index is 12.1. The van der Waals surface area contributed by atoms with Gasteiger partial charge in [0.2, 0.25) is 0 Å². The predicted octanol–water partition coefficient (Wildman–Crippen LogP) is 1.11. The number of nitrogens with one attached hydrogen (secondary N) is 1. The highest BCUT2D eigenvalue weighted by Crippen LogP contribution is 2.40. The summed E-state index contributed by atoms with van der Waals surface area (Å²) in [5, 5.41) is 2.70. The number of amides is 1. The largest absolute Gasteiger partial charge is 0.472 e. The maximum atomic E-state index is 12.1. The molecule has 2 aliphatic heterocycles. The average Bonchev–Trinajstić information content (AvgIpc) is 3.28. The van der Waals surface area contributed by atoms with Gasteiger partial charge >= 0.3 is 0 Å². The summed E-state index contributed by atoms with van der Waals surface area (Å²) in [6.07, 6.45) is 8.42. The highest BCUT2D eigenvalue weighted by molar-refractivity contribution is 5.80. The van der Waals surface area contributed by atoms with E-state index in [1.165, 1.54) is 5.56 Å². The first-order valence-electron chi connectivity index (χ1n) is 8.35. The lowest BCUT2D eigenvalue weighted by Gasteiger charge is -2.45. The molecule has 1 atom stereocenters. The molecule has 0 radical (unpaired) electrons. The Balaban J connectivity index is 1.51. The van der Waals surface area contributed by atoms with Crippen LogP contribution in [0.4, 0.5) is 0 Å². The standard InChI is InChI=1S/C17H22N4O3/c1-18-15(22)14-11-21-8-5-19-16(21)17(24-14)3-6-20(7-4-17)10-13-2-9-23-12-13/h2,5,8-9,12,14H,3-4,6-7,10-11H2,1H3,(H,18,22)/t14-/m1/s1. The summed E-state index contributed by atoms with van der Waals surface area (Å²) in [5.74, 6) is 0.875. The van der Waals surface area contributed by atoms with Crippen LogP contribution in [0.2, 0.25) is 0 Å². The summed E-state index contributed by atoms with van der Waals surface area (Å²) < 4.78 is 13.5. The summed E-state index contributed by atoms with van der Waals surface area (Å²) in [7, 11) is 1.65. The number of hydrogen-bond donors (Lipinski definition) is 1. The molecule has 1 spiro atoms. The molecule has 1 amide bonds. The number of likely N-dealkylation sites (N-methyl/N-ethyl adjacent to an activating group) is 1. The number of carbonyl (C=O) groups is 1. The third kappa shape index (κ3) is 2.63. The Morgan fingerprint density at radius 1 is 1.46 bits per heavy atom. The van der Waals surface area contributed by atoms with Crippen molar-refractivity contribution in [3.63, 3.8) is 0 Å². The molecule has 0 aliphatic carbocycles. The smallest absolute Gasteiger partial charge is 0.250 e. The highest BCUT2D eigenvalue weighted by Gasteiger charge is 2.46. The van der Waals surface area contributed by atoms with Crippen LogP contribution in [0.1, 0.15) is 24.2 Å². The Kier molecular flexibility index (Phi) is 3.90. The average molecular weight is 330 g/mol. The van der Waals surface area contributed by atoms with Gasteiger partial charge in [0.15, 0.2) is 6.10 Å². The van der Waals surface area contributed by atoms with Crippen molar-refractivity contribution in [2.45, 2.75) is 37.6 Å². The molecule has 24 heavy (non-hydrogen) atoms. The van der Waals surface area contributed by atoms with Crippen LogP contribution in [0.5, 0.6) is 0 Å². The third-order valence-electron chi connectivity index (χ3n) is 5.04. The Labute approximate surface area is 140 Å². The number of piperidine rings is 1. The fraction of sp³-hybridized carbons (Fsp3) is 0.529. The van der Waals surface area contributed by atoms with Crippen LogP contribution in [0, 0.1) is 0 Å². The fourth-order valence-electron chi connectivity index (χ4n) is 3.75. The molecule has 128 valence electrons. The van der Waals surface area contributed by atoms with Crippen molar-refractivity contribution in [3.05, 3.63) is 42.4 Å². The monoisotopic (exact) mass is 330 g/mol. The van der Waals surface area contributed by atoms with Gasteiger partial charge in [0, 0.05) is 44.6 Å². The van der Waals surface area contributed by atoms with E-state index in [0.717, 1.165) is 38.3 Å². The van der Waals surface area contributed by atoms with Crippen molar-refractivity contribution < 1.29 is 13.9 Å². The number of nitrogens with zero attached hydrogens (tertiary/aromatic N) is 3. The second kappa shape index (κ2) is 6.07. The van der Waals surface area contributed by atoms with Gasteiger partial charge in [0.1, 0.15) is 11.4 Å². The summed E-state index contributed by atoms with van der Waals surface area (Å²) in [5.41, 5.74) is 0.714. The van der Waals surface area contributed by atoms with E-state index < -0.39 is 11.7 Å². The van der Waals surface area contributed by atoms with Gasteiger partial charge in [-0.1, -0.05) is 0 Å². The number of rotatable bonds is 3. The number of furan rings is 1. The zero-order valence-electron chi connectivity index (χ0n) is 13.8. The van der Waals surface area contributed by atoms with Crippen LogP contribution in [0.3, 0.4) is 0 Å².